The minimum Gasteiger partial charge on any atom is -0.490 e. The molecule has 1 saturated carbocycles. The molecule has 1 aliphatic rings. The van der Waals surface area contributed by atoms with Crippen molar-refractivity contribution in [1.82, 2.24) is 0 Å². The Balaban J connectivity index is 1.89. The number of rotatable bonds is 2. The van der Waals surface area contributed by atoms with Gasteiger partial charge in [-0.2, -0.15) is 0 Å². The summed E-state index contributed by atoms with van der Waals surface area (Å²) < 4.78 is 5.90. The largest absolute Gasteiger partial charge is 0.490 e. The molecule has 0 heterocycles. The van der Waals surface area contributed by atoms with Crippen LogP contribution >= 0.6 is 0 Å². The second-order valence-electron chi connectivity index (χ2n) is 4.47. The minimum absolute atomic E-state index is 0.368. The fraction of sp³-hybridized carbons (Fsp3) is 0.538. The van der Waals surface area contributed by atoms with Crippen LogP contribution in [0.4, 0.5) is 0 Å². The molecule has 1 fully saturated rings. The maximum Gasteiger partial charge on any atom is 0.119 e. The molecule has 0 saturated heterocycles. The van der Waals surface area contributed by atoms with Crippen LogP contribution in [0.5, 0.6) is 5.75 Å². The SMILES string of the molecule is Cc1ccc(OC2CCC(N)CC2)cc1. The molecule has 2 nitrogen and oxygen atoms in total. The predicted octanol–water partition coefficient (Wildman–Crippen LogP) is 2.64. The highest BCUT2D eigenvalue weighted by atomic mass is 16.5. The Morgan fingerprint density at radius 2 is 1.67 bits per heavy atom. The standard InChI is InChI=1S/C13H19NO/c1-10-2-6-12(7-3-10)15-13-8-4-11(14)5-9-13/h2-3,6-7,11,13H,4-5,8-9,14H2,1H3. The van der Waals surface area contributed by atoms with Crippen molar-refractivity contribution >= 4 is 0 Å². The molecular formula is C13H19NO. The zero-order valence-corrected chi connectivity index (χ0v) is 9.28. The molecule has 1 aromatic rings. The van der Waals surface area contributed by atoms with Crippen LogP contribution in [0.1, 0.15) is 31.2 Å². The maximum absolute atomic E-state index is 5.90. The van der Waals surface area contributed by atoms with E-state index in [0.29, 0.717) is 12.1 Å². The number of hydrogen-bond donors (Lipinski definition) is 1. The van der Waals surface area contributed by atoms with E-state index in [4.69, 9.17) is 10.5 Å². The Kier molecular flexibility index (Phi) is 3.27. The Morgan fingerprint density at radius 3 is 2.27 bits per heavy atom. The summed E-state index contributed by atoms with van der Waals surface area (Å²) in [4.78, 5) is 0. The van der Waals surface area contributed by atoms with Gasteiger partial charge in [0.1, 0.15) is 5.75 Å². The van der Waals surface area contributed by atoms with E-state index in [0.717, 1.165) is 31.4 Å². The molecule has 82 valence electrons. The van der Waals surface area contributed by atoms with Gasteiger partial charge in [-0.1, -0.05) is 17.7 Å². The summed E-state index contributed by atoms with van der Waals surface area (Å²) in [6.45, 7) is 2.09. The monoisotopic (exact) mass is 205 g/mol. The molecule has 15 heavy (non-hydrogen) atoms. The summed E-state index contributed by atoms with van der Waals surface area (Å²) in [6.07, 6.45) is 4.74. The molecule has 0 atom stereocenters. The molecule has 2 heteroatoms. The van der Waals surface area contributed by atoms with Crippen molar-refractivity contribution in [3.63, 3.8) is 0 Å². The van der Waals surface area contributed by atoms with Gasteiger partial charge in [-0.15, -0.1) is 0 Å². The van der Waals surface area contributed by atoms with Crippen molar-refractivity contribution in [3.05, 3.63) is 29.8 Å². The van der Waals surface area contributed by atoms with Crippen molar-refractivity contribution in [2.75, 3.05) is 0 Å². The van der Waals surface area contributed by atoms with Crippen molar-refractivity contribution in [2.24, 2.45) is 5.73 Å². The molecule has 0 bridgehead atoms. The Hall–Kier alpha value is -1.02. The highest BCUT2D eigenvalue weighted by molar-refractivity contribution is 5.26. The zero-order valence-electron chi connectivity index (χ0n) is 9.28. The van der Waals surface area contributed by atoms with Crippen molar-refractivity contribution in [2.45, 2.75) is 44.8 Å². The van der Waals surface area contributed by atoms with E-state index in [1.807, 2.05) is 12.1 Å². The molecule has 0 spiro atoms. The van der Waals surface area contributed by atoms with Gasteiger partial charge in [0.15, 0.2) is 0 Å². The molecule has 0 aromatic heterocycles. The molecule has 0 amide bonds. The lowest BCUT2D eigenvalue weighted by Crippen LogP contribution is -2.31. The van der Waals surface area contributed by atoms with E-state index < -0.39 is 0 Å². The van der Waals surface area contributed by atoms with Crippen LogP contribution in [0, 0.1) is 6.92 Å². The third kappa shape index (κ3) is 2.96. The Morgan fingerprint density at radius 1 is 1.07 bits per heavy atom. The van der Waals surface area contributed by atoms with Crippen LogP contribution in [0.25, 0.3) is 0 Å². The Bertz CT molecular complexity index is 299. The average molecular weight is 205 g/mol. The molecule has 0 radical (unpaired) electrons. The van der Waals surface area contributed by atoms with Crippen LogP contribution in [-0.4, -0.2) is 12.1 Å². The number of benzene rings is 1. The van der Waals surface area contributed by atoms with Crippen LogP contribution < -0.4 is 10.5 Å². The van der Waals surface area contributed by atoms with Gasteiger partial charge < -0.3 is 10.5 Å². The fourth-order valence-corrected chi connectivity index (χ4v) is 2.02. The molecular weight excluding hydrogens is 186 g/mol. The lowest BCUT2D eigenvalue weighted by atomic mass is 9.94. The van der Waals surface area contributed by atoms with Gasteiger partial charge in [0.2, 0.25) is 0 Å². The number of aryl methyl sites for hydroxylation is 1. The molecule has 0 aliphatic heterocycles. The van der Waals surface area contributed by atoms with Crippen LogP contribution in [0.15, 0.2) is 24.3 Å². The van der Waals surface area contributed by atoms with Crippen LogP contribution in [0.2, 0.25) is 0 Å². The maximum atomic E-state index is 5.90. The third-order valence-electron chi connectivity index (χ3n) is 3.04. The first-order valence-corrected chi connectivity index (χ1v) is 5.73. The summed E-state index contributed by atoms with van der Waals surface area (Å²) in [5.74, 6) is 0.987. The number of hydrogen-bond acceptors (Lipinski definition) is 2. The Labute approximate surface area is 91.4 Å². The van der Waals surface area contributed by atoms with Gasteiger partial charge >= 0.3 is 0 Å². The lowest BCUT2D eigenvalue weighted by molar-refractivity contribution is 0.147. The summed E-state index contributed by atoms with van der Waals surface area (Å²) in [7, 11) is 0. The second kappa shape index (κ2) is 4.67. The van der Waals surface area contributed by atoms with Gasteiger partial charge in [-0.05, 0) is 44.7 Å². The molecule has 2 N–H and O–H groups in total. The summed E-state index contributed by atoms with van der Waals surface area (Å²) >= 11 is 0. The smallest absolute Gasteiger partial charge is 0.119 e. The van der Waals surface area contributed by atoms with E-state index in [1.165, 1.54) is 5.56 Å². The predicted molar refractivity (Wildman–Crippen MR) is 62.0 cm³/mol. The van der Waals surface area contributed by atoms with Gasteiger partial charge in [0.25, 0.3) is 0 Å². The summed E-state index contributed by atoms with van der Waals surface area (Å²) in [6, 6.07) is 8.66. The number of ether oxygens (including phenoxy) is 1. The van der Waals surface area contributed by atoms with Crippen molar-refractivity contribution < 1.29 is 4.74 Å². The van der Waals surface area contributed by atoms with Gasteiger partial charge in [-0.25, -0.2) is 0 Å². The average Bonchev–Trinajstić information content (AvgIpc) is 2.25. The third-order valence-corrected chi connectivity index (χ3v) is 3.04. The zero-order chi connectivity index (χ0) is 10.7. The second-order valence-corrected chi connectivity index (χ2v) is 4.47. The topological polar surface area (TPSA) is 35.2 Å². The van der Waals surface area contributed by atoms with E-state index in [9.17, 15) is 0 Å². The van der Waals surface area contributed by atoms with E-state index in [-0.39, 0.29) is 0 Å². The molecule has 0 unspecified atom stereocenters. The van der Waals surface area contributed by atoms with Crippen molar-refractivity contribution in [3.8, 4) is 5.75 Å². The minimum atomic E-state index is 0.368. The van der Waals surface area contributed by atoms with Crippen LogP contribution in [-0.2, 0) is 0 Å². The highest BCUT2D eigenvalue weighted by Crippen LogP contribution is 2.22. The van der Waals surface area contributed by atoms with Gasteiger partial charge in [0.05, 0.1) is 6.10 Å². The fourth-order valence-electron chi connectivity index (χ4n) is 2.02. The van der Waals surface area contributed by atoms with E-state index >= 15 is 0 Å². The van der Waals surface area contributed by atoms with E-state index in [2.05, 4.69) is 19.1 Å². The quantitative estimate of drug-likeness (QED) is 0.805. The summed E-state index contributed by atoms with van der Waals surface area (Å²) in [5, 5.41) is 0. The molecule has 1 aromatic carbocycles. The number of nitrogens with two attached hydrogens (primary N) is 1. The molecule has 2 rings (SSSR count). The highest BCUT2D eigenvalue weighted by Gasteiger charge is 2.19. The molecule has 1 aliphatic carbocycles. The van der Waals surface area contributed by atoms with Crippen LogP contribution in [0.3, 0.4) is 0 Å². The van der Waals surface area contributed by atoms with Gasteiger partial charge in [-0.3, -0.25) is 0 Å². The summed E-state index contributed by atoms with van der Waals surface area (Å²) in [5.41, 5.74) is 7.13. The normalized spacial score (nSPS) is 26.3. The first-order valence-electron chi connectivity index (χ1n) is 5.73. The first kappa shape index (κ1) is 10.5. The lowest BCUT2D eigenvalue weighted by Gasteiger charge is -2.26. The first-order chi connectivity index (χ1) is 7.24. The van der Waals surface area contributed by atoms with Crippen molar-refractivity contribution in [1.29, 1.82) is 0 Å². The van der Waals surface area contributed by atoms with E-state index in [1.54, 1.807) is 0 Å². The van der Waals surface area contributed by atoms with Gasteiger partial charge in [0, 0.05) is 6.04 Å².